The molecular formula is C16H17NO2. The molecule has 1 spiro atoms. The highest BCUT2D eigenvalue weighted by Crippen LogP contribution is 2.50. The van der Waals surface area contributed by atoms with Gasteiger partial charge >= 0.3 is 0 Å². The number of benzene rings is 1. The average Bonchev–Trinajstić information content (AvgIpc) is 2.90. The minimum Gasteiger partial charge on any atom is -0.342 e. The Bertz CT molecular complexity index is 698. The zero-order chi connectivity index (χ0) is 12.6. The van der Waals surface area contributed by atoms with E-state index in [0.29, 0.717) is 0 Å². The number of rotatable bonds is 0. The molecule has 2 bridgehead atoms. The molecule has 3 heterocycles. The summed E-state index contributed by atoms with van der Waals surface area (Å²) in [5, 5.41) is 1.41. The summed E-state index contributed by atoms with van der Waals surface area (Å²) < 4.78 is 14.8. The number of aryl methyl sites for hydroxylation is 2. The zero-order valence-corrected chi connectivity index (χ0v) is 11.1. The van der Waals surface area contributed by atoms with Crippen LogP contribution in [0.25, 0.3) is 10.9 Å². The van der Waals surface area contributed by atoms with Crippen LogP contribution < -0.4 is 0 Å². The molecule has 1 fully saturated rings. The molecule has 19 heavy (non-hydrogen) atoms. The molecule has 3 heteroatoms. The minimum absolute atomic E-state index is 0.230. The first-order valence-electron chi connectivity index (χ1n) is 7.21. The van der Waals surface area contributed by atoms with Crippen molar-refractivity contribution in [2.75, 3.05) is 6.61 Å². The number of hydrogen-bond acceptors (Lipinski definition) is 2. The van der Waals surface area contributed by atoms with Gasteiger partial charge in [-0.25, -0.2) is 0 Å². The lowest BCUT2D eigenvalue weighted by Gasteiger charge is -2.37. The lowest BCUT2D eigenvalue weighted by atomic mass is 9.90. The molecule has 0 unspecified atom stereocenters. The smallest absolute Gasteiger partial charge is 0.211 e. The molecular weight excluding hydrogens is 238 g/mol. The van der Waals surface area contributed by atoms with Crippen molar-refractivity contribution >= 4 is 10.9 Å². The lowest BCUT2D eigenvalue weighted by molar-refractivity contribution is -0.201. The van der Waals surface area contributed by atoms with Crippen molar-refractivity contribution in [3.63, 3.8) is 0 Å². The van der Waals surface area contributed by atoms with E-state index in [9.17, 15) is 0 Å². The van der Waals surface area contributed by atoms with E-state index in [1.165, 1.54) is 27.7 Å². The van der Waals surface area contributed by atoms with Crippen LogP contribution in [0.4, 0.5) is 0 Å². The molecule has 3 nitrogen and oxygen atoms in total. The molecule has 3 aliphatic rings. The standard InChI is InChI=1S/C16H17NO2/c1-10-4-2-5-12-13-6-3-7-16-15(13)17(14(10)12)8-11(19-16)9-18-16/h2,4-5,11H,3,6-9H2,1H3/t11-,16-/m0/s1. The highest BCUT2D eigenvalue weighted by atomic mass is 16.7. The molecule has 98 valence electrons. The van der Waals surface area contributed by atoms with Gasteiger partial charge in [0.2, 0.25) is 5.79 Å². The van der Waals surface area contributed by atoms with E-state index >= 15 is 0 Å². The van der Waals surface area contributed by atoms with Crippen LogP contribution in [0.2, 0.25) is 0 Å². The van der Waals surface area contributed by atoms with E-state index in [4.69, 9.17) is 9.47 Å². The van der Waals surface area contributed by atoms with Crippen LogP contribution in [-0.2, 0) is 28.2 Å². The van der Waals surface area contributed by atoms with Crippen LogP contribution in [0.15, 0.2) is 18.2 Å². The summed E-state index contributed by atoms with van der Waals surface area (Å²) in [5.41, 5.74) is 5.54. The van der Waals surface area contributed by atoms with Gasteiger partial charge in [0, 0.05) is 11.8 Å². The molecule has 1 aromatic heterocycles. The van der Waals surface area contributed by atoms with Gasteiger partial charge < -0.3 is 14.0 Å². The van der Waals surface area contributed by atoms with Crippen molar-refractivity contribution in [2.45, 2.75) is 44.6 Å². The van der Waals surface area contributed by atoms with Gasteiger partial charge in [-0.2, -0.15) is 0 Å². The fourth-order valence-corrected chi connectivity index (χ4v) is 4.26. The van der Waals surface area contributed by atoms with Gasteiger partial charge in [0.05, 0.1) is 24.4 Å². The molecule has 0 saturated carbocycles. The Hall–Kier alpha value is -1.32. The largest absolute Gasteiger partial charge is 0.342 e. The second-order valence-electron chi connectivity index (χ2n) is 6.07. The zero-order valence-electron chi connectivity index (χ0n) is 11.1. The summed E-state index contributed by atoms with van der Waals surface area (Å²) >= 11 is 0. The number of nitrogens with zero attached hydrogens (tertiary/aromatic N) is 1. The highest BCUT2D eigenvalue weighted by molar-refractivity contribution is 5.89. The maximum absolute atomic E-state index is 6.22. The van der Waals surface area contributed by atoms with E-state index in [0.717, 1.165) is 32.4 Å². The fourth-order valence-electron chi connectivity index (χ4n) is 4.26. The summed E-state index contributed by atoms with van der Waals surface area (Å²) in [7, 11) is 0. The van der Waals surface area contributed by atoms with Crippen LogP contribution in [0.5, 0.6) is 0 Å². The lowest BCUT2D eigenvalue weighted by Crippen LogP contribution is -2.39. The van der Waals surface area contributed by atoms with Crippen LogP contribution in [0.1, 0.15) is 29.7 Å². The summed E-state index contributed by atoms with van der Waals surface area (Å²) in [6, 6.07) is 6.64. The monoisotopic (exact) mass is 255 g/mol. The SMILES string of the molecule is Cc1cccc2c3c4n(c12)C[C@H]1CO[C@@]4(CCC3)O1. The normalized spacial score (nSPS) is 31.7. The van der Waals surface area contributed by atoms with Gasteiger partial charge in [-0.05, 0) is 30.9 Å². The summed E-state index contributed by atoms with van der Waals surface area (Å²) in [4.78, 5) is 0. The third-order valence-corrected chi connectivity index (χ3v) is 4.93. The van der Waals surface area contributed by atoms with Crippen molar-refractivity contribution < 1.29 is 9.47 Å². The predicted molar refractivity (Wildman–Crippen MR) is 72.1 cm³/mol. The molecule has 1 saturated heterocycles. The van der Waals surface area contributed by atoms with Crippen molar-refractivity contribution in [3.05, 3.63) is 35.0 Å². The van der Waals surface area contributed by atoms with Crippen molar-refractivity contribution in [1.29, 1.82) is 0 Å². The van der Waals surface area contributed by atoms with Crippen molar-refractivity contribution in [3.8, 4) is 0 Å². The van der Waals surface area contributed by atoms with E-state index in [2.05, 4.69) is 29.7 Å². The van der Waals surface area contributed by atoms with Crippen LogP contribution >= 0.6 is 0 Å². The molecule has 0 amide bonds. The highest BCUT2D eigenvalue weighted by Gasteiger charge is 2.52. The first kappa shape index (κ1) is 10.5. The number of ether oxygens (including phenoxy) is 2. The Balaban J connectivity index is 1.96. The number of hydrogen-bond donors (Lipinski definition) is 0. The van der Waals surface area contributed by atoms with Gasteiger partial charge in [-0.1, -0.05) is 18.2 Å². The van der Waals surface area contributed by atoms with Gasteiger partial charge in [-0.15, -0.1) is 0 Å². The Kier molecular flexibility index (Phi) is 1.77. The van der Waals surface area contributed by atoms with Crippen LogP contribution in [0.3, 0.4) is 0 Å². The molecule has 2 aromatic rings. The molecule has 1 aliphatic carbocycles. The Morgan fingerprint density at radius 2 is 2.32 bits per heavy atom. The molecule has 0 N–H and O–H groups in total. The minimum atomic E-state index is -0.429. The van der Waals surface area contributed by atoms with Gasteiger partial charge in [0.15, 0.2) is 0 Å². The quantitative estimate of drug-likeness (QED) is 0.722. The second-order valence-corrected chi connectivity index (χ2v) is 6.07. The average molecular weight is 255 g/mol. The molecule has 1 aromatic carbocycles. The fraction of sp³-hybridized carbons (Fsp3) is 0.500. The van der Waals surface area contributed by atoms with E-state index in [1.54, 1.807) is 0 Å². The Labute approximate surface area is 112 Å². The number of aromatic nitrogens is 1. The number of fused-ring (bicyclic) bond motifs is 4. The molecule has 2 atom stereocenters. The Morgan fingerprint density at radius 1 is 1.37 bits per heavy atom. The predicted octanol–water partition coefficient (Wildman–Crippen LogP) is 2.87. The van der Waals surface area contributed by atoms with E-state index in [1.807, 2.05) is 0 Å². The Morgan fingerprint density at radius 3 is 3.26 bits per heavy atom. The van der Waals surface area contributed by atoms with Gasteiger partial charge in [0.1, 0.15) is 6.10 Å². The summed E-state index contributed by atoms with van der Waals surface area (Å²) in [6.45, 7) is 3.90. The first-order valence-corrected chi connectivity index (χ1v) is 7.21. The third kappa shape index (κ3) is 1.12. The van der Waals surface area contributed by atoms with E-state index < -0.39 is 5.79 Å². The molecule has 5 rings (SSSR count). The maximum atomic E-state index is 6.22. The van der Waals surface area contributed by atoms with Crippen LogP contribution in [-0.4, -0.2) is 17.3 Å². The second kappa shape index (κ2) is 3.22. The maximum Gasteiger partial charge on any atom is 0.211 e. The topological polar surface area (TPSA) is 23.4 Å². The summed E-state index contributed by atoms with van der Waals surface area (Å²) in [5.74, 6) is -0.429. The van der Waals surface area contributed by atoms with E-state index in [-0.39, 0.29) is 6.10 Å². The van der Waals surface area contributed by atoms with Crippen molar-refractivity contribution in [2.24, 2.45) is 0 Å². The van der Waals surface area contributed by atoms with Gasteiger partial charge in [0.25, 0.3) is 0 Å². The molecule has 2 aliphatic heterocycles. The third-order valence-electron chi connectivity index (χ3n) is 4.93. The van der Waals surface area contributed by atoms with Crippen LogP contribution in [0, 0.1) is 6.92 Å². The number of para-hydroxylation sites is 1. The molecule has 0 radical (unpaired) electrons. The first-order chi connectivity index (χ1) is 9.28. The summed E-state index contributed by atoms with van der Waals surface area (Å²) in [6.07, 6.45) is 3.55. The van der Waals surface area contributed by atoms with Crippen molar-refractivity contribution in [1.82, 2.24) is 4.57 Å². The van der Waals surface area contributed by atoms with Gasteiger partial charge in [-0.3, -0.25) is 0 Å².